The van der Waals surface area contributed by atoms with Crippen LogP contribution in [0.15, 0.2) is 29.2 Å². The Bertz CT molecular complexity index is 323. The van der Waals surface area contributed by atoms with Crippen LogP contribution in [0.1, 0.15) is 57.1 Å². The third-order valence-corrected chi connectivity index (χ3v) is 4.82. The van der Waals surface area contributed by atoms with E-state index in [0.717, 1.165) is 10.8 Å². The summed E-state index contributed by atoms with van der Waals surface area (Å²) >= 11 is 2.02. The Balaban J connectivity index is 1.93. The van der Waals surface area contributed by atoms with Crippen molar-refractivity contribution in [3.63, 3.8) is 0 Å². The Kier molecular flexibility index (Phi) is 4.93. The molecule has 1 aromatic rings. The van der Waals surface area contributed by atoms with Gasteiger partial charge in [-0.05, 0) is 37.5 Å². The molecule has 0 amide bonds. The normalized spacial score (nSPS) is 19.9. The number of hydrogen-bond acceptors (Lipinski definition) is 2. The monoisotopic (exact) mass is 250 g/mol. The summed E-state index contributed by atoms with van der Waals surface area (Å²) in [5.74, 6) is 0. The molecule has 94 valence electrons. The largest absolute Gasteiger partial charge is 0.389 e. The molecule has 0 spiro atoms. The van der Waals surface area contributed by atoms with E-state index in [1.165, 1.54) is 43.4 Å². The quantitative estimate of drug-likeness (QED) is 0.794. The molecule has 1 nitrogen and oxygen atoms in total. The second kappa shape index (κ2) is 6.46. The topological polar surface area (TPSA) is 20.2 Å². The van der Waals surface area contributed by atoms with E-state index in [9.17, 15) is 5.11 Å². The van der Waals surface area contributed by atoms with Gasteiger partial charge in [-0.3, -0.25) is 0 Å². The predicted octanol–water partition coefficient (Wildman–Crippen LogP) is 4.55. The van der Waals surface area contributed by atoms with Gasteiger partial charge in [0.1, 0.15) is 0 Å². The second-order valence-electron chi connectivity index (χ2n) is 4.98. The van der Waals surface area contributed by atoms with Crippen LogP contribution < -0.4 is 0 Å². The zero-order valence-corrected chi connectivity index (χ0v) is 11.4. The first kappa shape index (κ1) is 13.0. The average Bonchev–Trinajstić information content (AvgIpc) is 2.58. The van der Waals surface area contributed by atoms with Crippen LogP contribution in [0.25, 0.3) is 0 Å². The number of rotatable bonds is 3. The molecule has 0 saturated heterocycles. The van der Waals surface area contributed by atoms with E-state index in [1.807, 2.05) is 30.8 Å². The van der Waals surface area contributed by atoms with Gasteiger partial charge in [0.2, 0.25) is 0 Å². The molecule has 1 aliphatic rings. The first-order valence-electron chi connectivity index (χ1n) is 6.70. The molecule has 1 aromatic carbocycles. The Morgan fingerprint density at radius 1 is 1.06 bits per heavy atom. The number of thioether (sulfide) groups is 1. The van der Waals surface area contributed by atoms with Crippen LogP contribution >= 0.6 is 11.8 Å². The van der Waals surface area contributed by atoms with Crippen LogP contribution in [0.3, 0.4) is 0 Å². The Hall–Kier alpha value is -0.470. The van der Waals surface area contributed by atoms with E-state index in [1.54, 1.807) is 0 Å². The molecular weight excluding hydrogens is 228 g/mol. The van der Waals surface area contributed by atoms with Gasteiger partial charge >= 0.3 is 0 Å². The summed E-state index contributed by atoms with van der Waals surface area (Å²) in [5, 5.41) is 10.3. The molecule has 1 aliphatic carbocycles. The molecule has 2 rings (SSSR count). The summed E-state index contributed by atoms with van der Waals surface area (Å²) in [4.78, 5) is 1.35. The van der Waals surface area contributed by atoms with E-state index in [0.29, 0.717) is 0 Å². The van der Waals surface area contributed by atoms with Gasteiger partial charge in [-0.25, -0.2) is 0 Å². The van der Waals surface area contributed by atoms with Crippen LogP contribution in [0.5, 0.6) is 0 Å². The molecule has 0 aromatic heterocycles. The molecule has 17 heavy (non-hydrogen) atoms. The third-order valence-electron chi connectivity index (χ3n) is 3.47. The van der Waals surface area contributed by atoms with Crippen LogP contribution in [0.4, 0.5) is 0 Å². The van der Waals surface area contributed by atoms with Crippen LogP contribution in [0, 0.1) is 0 Å². The van der Waals surface area contributed by atoms with Crippen molar-refractivity contribution in [3.05, 3.63) is 29.8 Å². The fraction of sp³-hybridized carbons (Fsp3) is 0.600. The van der Waals surface area contributed by atoms with Crippen molar-refractivity contribution < 1.29 is 5.11 Å². The summed E-state index contributed by atoms with van der Waals surface area (Å²) < 4.78 is 0. The van der Waals surface area contributed by atoms with Crippen molar-refractivity contribution in [1.29, 1.82) is 0 Å². The predicted molar refractivity (Wildman–Crippen MR) is 74.4 cm³/mol. The summed E-state index contributed by atoms with van der Waals surface area (Å²) in [6, 6.07) is 8.39. The van der Waals surface area contributed by atoms with Gasteiger partial charge in [-0.15, -0.1) is 11.8 Å². The minimum Gasteiger partial charge on any atom is -0.389 e. The molecular formula is C15H22OS. The van der Waals surface area contributed by atoms with E-state index in [4.69, 9.17) is 0 Å². The summed E-state index contributed by atoms with van der Waals surface area (Å²) in [6.07, 6.45) is 7.99. The Labute approximate surface area is 109 Å². The smallest absolute Gasteiger partial charge is 0.0761 e. The SMILES string of the molecule is CC(O)c1ccc(SC2CCCCCC2)cc1. The molecule has 0 radical (unpaired) electrons. The maximum absolute atomic E-state index is 9.47. The van der Waals surface area contributed by atoms with Gasteiger partial charge in [0.05, 0.1) is 6.10 Å². The lowest BCUT2D eigenvalue weighted by Crippen LogP contribution is -1.99. The highest BCUT2D eigenvalue weighted by Gasteiger charge is 2.13. The van der Waals surface area contributed by atoms with Crippen LogP contribution in [0.2, 0.25) is 0 Å². The zero-order chi connectivity index (χ0) is 12.1. The minimum absolute atomic E-state index is 0.355. The maximum Gasteiger partial charge on any atom is 0.0761 e. The molecule has 2 heteroatoms. The first-order chi connectivity index (χ1) is 8.25. The molecule has 1 fully saturated rings. The first-order valence-corrected chi connectivity index (χ1v) is 7.58. The van der Waals surface area contributed by atoms with Gasteiger partial charge in [-0.2, -0.15) is 0 Å². The van der Waals surface area contributed by atoms with E-state index < -0.39 is 0 Å². The number of aliphatic hydroxyl groups is 1. The van der Waals surface area contributed by atoms with Crippen molar-refractivity contribution in [2.45, 2.75) is 61.7 Å². The van der Waals surface area contributed by atoms with E-state index >= 15 is 0 Å². The standard InChI is InChI=1S/C15H22OS/c1-12(16)13-8-10-15(11-9-13)17-14-6-4-2-3-5-7-14/h8-12,14,16H,2-7H2,1H3. The fourth-order valence-corrected chi connectivity index (χ4v) is 3.62. The Morgan fingerprint density at radius 3 is 2.18 bits per heavy atom. The lowest BCUT2D eigenvalue weighted by atomic mass is 10.1. The second-order valence-corrected chi connectivity index (χ2v) is 6.35. The number of benzene rings is 1. The number of hydrogen-bond donors (Lipinski definition) is 1. The van der Waals surface area contributed by atoms with Crippen LogP contribution in [-0.2, 0) is 0 Å². The van der Waals surface area contributed by atoms with E-state index in [-0.39, 0.29) is 6.10 Å². The molecule has 0 heterocycles. The zero-order valence-electron chi connectivity index (χ0n) is 10.6. The highest BCUT2D eigenvalue weighted by molar-refractivity contribution is 8.00. The van der Waals surface area contributed by atoms with Gasteiger partial charge < -0.3 is 5.11 Å². The molecule has 1 saturated carbocycles. The lowest BCUT2D eigenvalue weighted by Gasteiger charge is -2.14. The maximum atomic E-state index is 9.47. The summed E-state index contributed by atoms with van der Waals surface area (Å²) in [7, 11) is 0. The summed E-state index contributed by atoms with van der Waals surface area (Å²) in [6.45, 7) is 1.81. The highest BCUT2D eigenvalue weighted by atomic mass is 32.2. The number of aliphatic hydroxyl groups excluding tert-OH is 1. The van der Waals surface area contributed by atoms with Crippen LogP contribution in [-0.4, -0.2) is 10.4 Å². The van der Waals surface area contributed by atoms with Gasteiger partial charge in [-0.1, -0.05) is 37.8 Å². The van der Waals surface area contributed by atoms with Gasteiger partial charge in [0, 0.05) is 10.1 Å². The third kappa shape index (κ3) is 4.04. The van der Waals surface area contributed by atoms with E-state index in [2.05, 4.69) is 12.1 Å². The molecule has 1 N–H and O–H groups in total. The fourth-order valence-electron chi connectivity index (χ4n) is 2.38. The average molecular weight is 250 g/mol. The van der Waals surface area contributed by atoms with Crippen molar-refractivity contribution in [2.75, 3.05) is 0 Å². The lowest BCUT2D eigenvalue weighted by molar-refractivity contribution is 0.199. The van der Waals surface area contributed by atoms with Gasteiger partial charge in [0.15, 0.2) is 0 Å². The molecule has 0 aliphatic heterocycles. The minimum atomic E-state index is -0.355. The van der Waals surface area contributed by atoms with Gasteiger partial charge in [0.25, 0.3) is 0 Å². The highest BCUT2D eigenvalue weighted by Crippen LogP contribution is 2.33. The Morgan fingerprint density at radius 2 is 1.65 bits per heavy atom. The van der Waals surface area contributed by atoms with Crippen molar-refractivity contribution >= 4 is 11.8 Å². The van der Waals surface area contributed by atoms with Crippen molar-refractivity contribution in [3.8, 4) is 0 Å². The molecule has 1 unspecified atom stereocenters. The van der Waals surface area contributed by atoms with Crippen molar-refractivity contribution in [1.82, 2.24) is 0 Å². The molecule has 1 atom stereocenters. The van der Waals surface area contributed by atoms with Crippen molar-refractivity contribution in [2.24, 2.45) is 0 Å². The summed E-state index contributed by atoms with van der Waals surface area (Å²) in [5.41, 5.74) is 1.01. The molecule has 0 bridgehead atoms.